The predicted octanol–water partition coefficient (Wildman–Crippen LogP) is 0.668. The number of nitrogen functional groups attached to an aromatic ring is 2. The Labute approximate surface area is 113 Å². The van der Waals surface area contributed by atoms with Crippen LogP contribution in [0.2, 0.25) is 0 Å². The molecule has 0 aromatic carbocycles. The van der Waals surface area contributed by atoms with Crippen LogP contribution >= 0.6 is 11.8 Å². The fourth-order valence-electron chi connectivity index (χ4n) is 1.26. The summed E-state index contributed by atoms with van der Waals surface area (Å²) in [7, 11) is 0. The van der Waals surface area contributed by atoms with E-state index in [1.165, 1.54) is 6.07 Å². The Bertz CT molecular complexity index is 579. The molecule has 2 heterocycles. The quantitative estimate of drug-likeness (QED) is 0.549. The molecule has 2 rings (SSSR count). The molecule has 0 radical (unpaired) electrons. The molecule has 0 atom stereocenters. The summed E-state index contributed by atoms with van der Waals surface area (Å²) in [6.07, 6.45) is 0. The summed E-state index contributed by atoms with van der Waals surface area (Å²) in [5.41, 5.74) is 11.0. The molecule has 8 nitrogen and oxygen atoms in total. The summed E-state index contributed by atoms with van der Waals surface area (Å²) < 4.78 is 4.83. The van der Waals surface area contributed by atoms with E-state index in [0.717, 1.165) is 11.8 Å². The number of aryl methyl sites for hydroxylation is 1. The summed E-state index contributed by atoms with van der Waals surface area (Å²) in [4.78, 5) is 19.5. The van der Waals surface area contributed by atoms with Gasteiger partial charge in [-0.1, -0.05) is 16.9 Å². The molecule has 1 amide bonds. The molecular weight excluding hydrogens is 268 g/mol. The average Bonchev–Trinajstić information content (AvgIpc) is 2.71. The van der Waals surface area contributed by atoms with Crippen molar-refractivity contribution in [2.45, 2.75) is 12.1 Å². The first-order valence-electron chi connectivity index (χ1n) is 5.29. The van der Waals surface area contributed by atoms with Gasteiger partial charge in [-0.15, -0.1) is 0 Å². The molecule has 2 aromatic heterocycles. The van der Waals surface area contributed by atoms with Crippen LogP contribution in [0.1, 0.15) is 5.76 Å². The molecular formula is C10H12N6O2S. The van der Waals surface area contributed by atoms with Gasteiger partial charge in [0.2, 0.25) is 5.91 Å². The van der Waals surface area contributed by atoms with E-state index in [0.29, 0.717) is 16.7 Å². The molecule has 19 heavy (non-hydrogen) atoms. The van der Waals surface area contributed by atoms with Crippen molar-refractivity contribution in [1.82, 2.24) is 15.1 Å². The van der Waals surface area contributed by atoms with E-state index in [1.54, 1.807) is 13.0 Å². The maximum atomic E-state index is 11.6. The molecule has 2 aromatic rings. The topological polar surface area (TPSA) is 133 Å². The van der Waals surface area contributed by atoms with Gasteiger partial charge in [-0.3, -0.25) is 4.79 Å². The van der Waals surface area contributed by atoms with Gasteiger partial charge in [-0.25, -0.2) is 9.97 Å². The van der Waals surface area contributed by atoms with Crippen molar-refractivity contribution >= 4 is 35.1 Å². The number of hydrogen-bond acceptors (Lipinski definition) is 8. The number of thioether (sulfide) groups is 1. The Morgan fingerprint density at radius 3 is 2.63 bits per heavy atom. The standard InChI is InChI=1S/C10H12N6O2S/c1-5-2-8(16-18-5)15-9(17)4-19-10-13-6(11)3-7(12)14-10/h2-3H,4H2,1H3,(H,15,16,17)(H4,11,12,13,14). The zero-order chi connectivity index (χ0) is 13.8. The van der Waals surface area contributed by atoms with Gasteiger partial charge in [0.05, 0.1) is 5.75 Å². The van der Waals surface area contributed by atoms with E-state index < -0.39 is 0 Å². The van der Waals surface area contributed by atoms with E-state index >= 15 is 0 Å². The van der Waals surface area contributed by atoms with Gasteiger partial charge in [0.25, 0.3) is 0 Å². The second-order valence-electron chi connectivity index (χ2n) is 3.66. The SMILES string of the molecule is Cc1cc(NC(=O)CSc2nc(N)cc(N)n2)no1. The Hall–Kier alpha value is -2.29. The average molecular weight is 280 g/mol. The molecule has 0 spiro atoms. The largest absolute Gasteiger partial charge is 0.383 e. The fraction of sp³-hybridized carbons (Fsp3) is 0.200. The number of nitrogens with zero attached hydrogens (tertiary/aromatic N) is 3. The molecule has 100 valence electrons. The molecule has 0 aliphatic carbocycles. The van der Waals surface area contributed by atoms with Gasteiger partial charge in [-0.05, 0) is 6.92 Å². The minimum Gasteiger partial charge on any atom is -0.383 e. The van der Waals surface area contributed by atoms with Gasteiger partial charge in [0.1, 0.15) is 17.4 Å². The number of aromatic nitrogens is 3. The zero-order valence-electron chi connectivity index (χ0n) is 10.1. The first kappa shape index (κ1) is 13.1. The molecule has 0 aliphatic heterocycles. The first-order chi connectivity index (χ1) is 9.02. The Kier molecular flexibility index (Phi) is 3.85. The van der Waals surface area contributed by atoms with E-state index in [4.69, 9.17) is 16.0 Å². The number of nitrogens with two attached hydrogens (primary N) is 2. The van der Waals surface area contributed by atoms with Crippen molar-refractivity contribution in [1.29, 1.82) is 0 Å². The lowest BCUT2D eigenvalue weighted by Crippen LogP contribution is -2.14. The Balaban J connectivity index is 1.89. The third kappa shape index (κ3) is 3.85. The maximum absolute atomic E-state index is 11.6. The summed E-state index contributed by atoms with van der Waals surface area (Å²) in [5.74, 6) is 1.40. The van der Waals surface area contributed by atoms with E-state index in [1.807, 2.05) is 0 Å². The van der Waals surface area contributed by atoms with E-state index in [-0.39, 0.29) is 23.3 Å². The fourth-order valence-corrected chi connectivity index (χ4v) is 1.93. The highest BCUT2D eigenvalue weighted by Gasteiger charge is 2.09. The van der Waals surface area contributed by atoms with Gasteiger partial charge in [-0.2, -0.15) is 0 Å². The molecule has 9 heteroatoms. The molecule has 0 fully saturated rings. The highest BCUT2D eigenvalue weighted by molar-refractivity contribution is 7.99. The number of amides is 1. The summed E-state index contributed by atoms with van der Waals surface area (Å²) in [6, 6.07) is 3.07. The number of rotatable bonds is 4. The smallest absolute Gasteiger partial charge is 0.236 e. The van der Waals surface area contributed by atoms with Gasteiger partial charge in [0, 0.05) is 12.1 Å². The van der Waals surface area contributed by atoms with Gasteiger partial charge < -0.3 is 21.3 Å². The lowest BCUT2D eigenvalue weighted by Gasteiger charge is -2.02. The van der Waals surface area contributed by atoms with Crippen molar-refractivity contribution < 1.29 is 9.32 Å². The second-order valence-corrected chi connectivity index (χ2v) is 4.60. The molecule has 0 saturated carbocycles. The minimum atomic E-state index is -0.247. The molecule has 0 saturated heterocycles. The van der Waals surface area contributed by atoms with Crippen LogP contribution in [0.15, 0.2) is 21.8 Å². The van der Waals surface area contributed by atoms with Crippen molar-refractivity contribution in [2.75, 3.05) is 22.5 Å². The van der Waals surface area contributed by atoms with Crippen molar-refractivity contribution in [2.24, 2.45) is 0 Å². The molecule has 5 N–H and O–H groups in total. The van der Waals surface area contributed by atoms with Crippen LogP contribution in [-0.2, 0) is 4.79 Å². The van der Waals surface area contributed by atoms with Crippen LogP contribution in [0.5, 0.6) is 0 Å². The third-order valence-corrected chi connectivity index (χ3v) is 2.82. The van der Waals surface area contributed by atoms with Crippen LogP contribution in [0.3, 0.4) is 0 Å². The summed E-state index contributed by atoms with van der Waals surface area (Å²) >= 11 is 1.13. The highest BCUT2D eigenvalue weighted by Crippen LogP contribution is 2.16. The lowest BCUT2D eigenvalue weighted by molar-refractivity contribution is -0.113. The number of carbonyl (C=O) groups excluding carboxylic acids is 1. The number of nitrogens with one attached hydrogen (secondary N) is 1. The normalized spacial score (nSPS) is 10.4. The van der Waals surface area contributed by atoms with Crippen molar-refractivity contribution in [3.05, 3.63) is 17.9 Å². The Morgan fingerprint density at radius 1 is 1.37 bits per heavy atom. The van der Waals surface area contributed by atoms with Crippen LogP contribution in [0.4, 0.5) is 17.5 Å². The number of carbonyl (C=O) groups is 1. The zero-order valence-corrected chi connectivity index (χ0v) is 10.9. The third-order valence-electron chi connectivity index (χ3n) is 1.97. The number of hydrogen-bond donors (Lipinski definition) is 3. The van der Waals surface area contributed by atoms with Crippen molar-refractivity contribution in [3.63, 3.8) is 0 Å². The second kappa shape index (κ2) is 5.57. The van der Waals surface area contributed by atoms with Crippen molar-refractivity contribution in [3.8, 4) is 0 Å². The summed E-state index contributed by atoms with van der Waals surface area (Å²) in [5, 5.41) is 6.58. The molecule has 0 unspecified atom stereocenters. The predicted molar refractivity (Wildman–Crippen MR) is 71.5 cm³/mol. The van der Waals surface area contributed by atoms with Crippen LogP contribution < -0.4 is 16.8 Å². The van der Waals surface area contributed by atoms with E-state index in [9.17, 15) is 4.79 Å². The van der Waals surface area contributed by atoms with Crippen LogP contribution in [-0.4, -0.2) is 26.8 Å². The summed E-state index contributed by atoms with van der Waals surface area (Å²) in [6.45, 7) is 1.74. The number of anilines is 3. The monoisotopic (exact) mass is 280 g/mol. The molecule has 0 aliphatic rings. The van der Waals surface area contributed by atoms with Gasteiger partial charge in [0.15, 0.2) is 11.0 Å². The molecule has 0 bridgehead atoms. The first-order valence-corrected chi connectivity index (χ1v) is 6.27. The van der Waals surface area contributed by atoms with Crippen LogP contribution in [0.25, 0.3) is 0 Å². The minimum absolute atomic E-state index is 0.120. The highest BCUT2D eigenvalue weighted by atomic mass is 32.2. The Morgan fingerprint density at radius 2 is 2.05 bits per heavy atom. The van der Waals surface area contributed by atoms with Crippen LogP contribution in [0, 0.1) is 6.92 Å². The van der Waals surface area contributed by atoms with E-state index in [2.05, 4.69) is 20.4 Å². The van der Waals surface area contributed by atoms with Gasteiger partial charge >= 0.3 is 0 Å². The maximum Gasteiger partial charge on any atom is 0.236 e. The lowest BCUT2D eigenvalue weighted by atomic mass is 10.5.